The van der Waals surface area contributed by atoms with Crippen LogP contribution in [0.4, 0.5) is 11.5 Å². The Morgan fingerprint density at radius 2 is 1.96 bits per heavy atom. The van der Waals surface area contributed by atoms with Gasteiger partial charge in [0, 0.05) is 37.7 Å². The predicted octanol–water partition coefficient (Wildman–Crippen LogP) is 4.08. The smallest absolute Gasteiger partial charge is 0.255 e. The maximum Gasteiger partial charge on any atom is 0.255 e. The first kappa shape index (κ1) is 18.9. The lowest BCUT2D eigenvalue weighted by Gasteiger charge is -2.23. The SMILES string of the molecule is COCCCNc1cc(C(=O)Nc2ccccc2C(C)(C)C)ccn1. The molecule has 0 fully saturated rings. The summed E-state index contributed by atoms with van der Waals surface area (Å²) in [6, 6.07) is 11.4. The minimum atomic E-state index is -0.140. The molecule has 0 aliphatic rings. The number of rotatable bonds is 7. The minimum Gasteiger partial charge on any atom is -0.385 e. The van der Waals surface area contributed by atoms with Gasteiger partial charge in [0.05, 0.1) is 0 Å². The van der Waals surface area contributed by atoms with Crippen molar-refractivity contribution >= 4 is 17.4 Å². The molecule has 2 aromatic rings. The van der Waals surface area contributed by atoms with Gasteiger partial charge < -0.3 is 15.4 Å². The van der Waals surface area contributed by atoms with Crippen molar-refractivity contribution < 1.29 is 9.53 Å². The van der Waals surface area contributed by atoms with Crippen LogP contribution in [0.2, 0.25) is 0 Å². The maximum absolute atomic E-state index is 12.6. The average molecular weight is 341 g/mol. The van der Waals surface area contributed by atoms with Gasteiger partial charge in [0.25, 0.3) is 5.91 Å². The monoisotopic (exact) mass is 341 g/mol. The van der Waals surface area contributed by atoms with Gasteiger partial charge in [0.2, 0.25) is 0 Å². The second-order valence-corrected chi connectivity index (χ2v) is 6.95. The van der Waals surface area contributed by atoms with Crippen LogP contribution in [0.15, 0.2) is 42.6 Å². The summed E-state index contributed by atoms with van der Waals surface area (Å²) in [7, 11) is 1.68. The molecular formula is C20H27N3O2. The average Bonchev–Trinajstić information content (AvgIpc) is 2.58. The number of hydrogen-bond acceptors (Lipinski definition) is 4. The molecule has 134 valence electrons. The van der Waals surface area contributed by atoms with Crippen molar-refractivity contribution in [3.8, 4) is 0 Å². The van der Waals surface area contributed by atoms with Gasteiger partial charge in [-0.1, -0.05) is 39.0 Å². The van der Waals surface area contributed by atoms with Crippen molar-refractivity contribution in [1.82, 2.24) is 4.98 Å². The van der Waals surface area contributed by atoms with Crippen molar-refractivity contribution in [2.75, 3.05) is 30.9 Å². The van der Waals surface area contributed by atoms with E-state index in [1.807, 2.05) is 24.3 Å². The molecule has 0 atom stereocenters. The molecule has 1 amide bonds. The quantitative estimate of drug-likeness (QED) is 0.745. The van der Waals surface area contributed by atoms with Gasteiger partial charge in [-0.25, -0.2) is 4.98 Å². The van der Waals surface area contributed by atoms with Crippen LogP contribution in [0.1, 0.15) is 43.1 Å². The van der Waals surface area contributed by atoms with Gasteiger partial charge in [-0.3, -0.25) is 4.79 Å². The van der Waals surface area contributed by atoms with Crippen LogP contribution in [0.5, 0.6) is 0 Å². The molecule has 1 aromatic carbocycles. The number of carbonyl (C=O) groups excluding carboxylic acids is 1. The molecule has 0 saturated heterocycles. The van der Waals surface area contributed by atoms with Crippen LogP contribution < -0.4 is 10.6 Å². The standard InChI is InChI=1S/C20H27N3O2/c1-20(2,3)16-8-5-6-9-17(16)23-19(24)15-10-12-22-18(14-15)21-11-7-13-25-4/h5-6,8-10,12,14H,7,11,13H2,1-4H3,(H,21,22)(H,23,24). The summed E-state index contributed by atoms with van der Waals surface area (Å²) in [4.78, 5) is 16.9. The first-order chi connectivity index (χ1) is 11.9. The molecule has 25 heavy (non-hydrogen) atoms. The number of hydrogen-bond donors (Lipinski definition) is 2. The molecule has 2 N–H and O–H groups in total. The van der Waals surface area contributed by atoms with Crippen molar-refractivity contribution in [3.05, 3.63) is 53.7 Å². The highest BCUT2D eigenvalue weighted by atomic mass is 16.5. The zero-order valence-electron chi connectivity index (χ0n) is 15.4. The molecule has 2 rings (SSSR count). The number of carbonyl (C=O) groups is 1. The molecule has 5 heteroatoms. The number of nitrogens with zero attached hydrogens (tertiary/aromatic N) is 1. The molecule has 0 bridgehead atoms. The lowest BCUT2D eigenvalue weighted by atomic mass is 9.86. The van der Waals surface area contributed by atoms with E-state index in [0.717, 1.165) is 24.2 Å². The van der Waals surface area contributed by atoms with Gasteiger partial charge >= 0.3 is 0 Å². The van der Waals surface area contributed by atoms with Gasteiger partial charge in [-0.15, -0.1) is 0 Å². The number of benzene rings is 1. The Bertz CT molecular complexity index is 708. The van der Waals surface area contributed by atoms with Crippen molar-refractivity contribution in [2.45, 2.75) is 32.6 Å². The number of anilines is 2. The third-order valence-electron chi connectivity index (χ3n) is 3.84. The summed E-state index contributed by atoms with van der Waals surface area (Å²) in [5, 5.41) is 6.23. The van der Waals surface area contributed by atoms with Gasteiger partial charge in [0.15, 0.2) is 0 Å². The highest BCUT2D eigenvalue weighted by Crippen LogP contribution is 2.29. The first-order valence-corrected chi connectivity index (χ1v) is 8.51. The van der Waals surface area contributed by atoms with E-state index in [1.54, 1.807) is 25.4 Å². The van der Waals surface area contributed by atoms with E-state index < -0.39 is 0 Å². The van der Waals surface area contributed by atoms with Crippen LogP contribution in [-0.4, -0.2) is 31.2 Å². The van der Waals surface area contributed by atoms with Gasteiger partial charge in [-0.2, -0.15) is 0 Å². The predicted molar refractivity (Wildman–Crippen MR) is 102 cm³/mol. The fourth-order valence-electron chi connectivity index (χ4n) is 2.54. The second kappa shape index (κ2) is 8.62. The van der Waals surface area contributed by atoms with Crippen LogP contribution >= 0.6 is 0 Å². The molecule has 1 heterocycles. The van der Waals surface area contributed by atoms with E-state index in [9.17, 15) is 4.79 Å². The van der Waals surface area contributed by atoms with Crippen molar-refractivity contribution in [1.29, 1.82) is 0 Å². The Morgan fingerprint density at radius 1 is 1.20 bits per heavy atom. The van der Waals surface area contributed by atoms with Crippen molar-refractivity contribution in [2.24, 2.45) is 0 Å². The molecule has 0 aliphatic carbocycles. The number of ether oxygens (including phenoxy) is 1. The zero-order valence-corrected chi connectivity index (χ0v) is 15.4. The molecule has 0 saturated carbocycles. The van der Waals surface area contributed by atoms with Crippen LogP contribution in [0.3, 0.4) is 0 Å². The molecule has 5 nitrogen and oxygen atoms in total. The summed E-state index contributed by atoms with van der Waals surface area (Å²) in [5.74, 6) is 0.548. The van der Waals surface area contributed by atoms with Crippen LogP contribution in [0.25, 0.3) is 0 Å². The lowest BCUT2D eigenvalue weighted by Crippen LogP contribution is -2.19. The molecule has 0 radical (unpaired) electrons. The molecule has 0 unspecified atom stereocenters. The van der Waals surface area contributed by atoms with E-state index in [1.165, 1.54) is 0 Å². The number of aromatic nitrogens is 1. The Morgan fingerprint density at radius 3 is 2.68 bits per heavy atom. The fraction of sp³-hybridized carbons (Fsp3) is 0.400. The van der Waals surface area contributed by atoms with Gasteiger partial charge in [0.1, 0.15) is 5.82 Å². The topological polar surface area (TPSA) is 63.2 Å². The first-order valence-electron chi connectivity index (χ1n) is 8.51. The van der Waals surface area contributed by atoms with Gasteiger partial charge in [-0.05, 0) is 35.6 Å². The number of para-hydroxylation sites is 1. The van der Waals surface area contributed by atoms with E-state index in [2.05, 4.69) is 36.4 Å². The van der Waals surface area contributed by atoms with E-state index in [4.69, 9.17) is 4.74 Å². The third-order valence-corrected chi connectivity index (χ3v) is 3.84. The largest absolute Gasteiger partial charge is 0.385 e. The second-order valence-electron chi connectivity index (χ2n) is 6.95. The Hall–Kier alpha value is -2.40. The minimum absolute atomic E-state index is 0.0455. The van der Waals surface area contributed by atoms with E-state index >= 15 is 0 Å². The van der Waals surface area contributed by atoms with E-state index in [0.29, 0.717) is 18.0 Å². The number of pyridine rings is 1. The highest BCUT2D eigenvalue weighted by molar-refractivity contribution is 6.05. The summed E-state index contributed by atoms with van der Waals surface area (Å²) >= 11 is 0. The van der Waals surface area contributed by atoms with Crippen LogP contribution in [-0.2, 0) is 10.2 Å². The molecule has 1 aromatic heterocycles. The number of methoxy groups -OCH3 is 1. The summed E-state index contributed by atoms with van der Waals surface area (Å²) < 4.78 is 5.02. The lowest BCUT2D eigenvalue weighted by molar-refractivity contribution is 0.102. The maximum atomic E-state index is 12.6. The third kappa shape index (κ3) is 5.57. The summed E-state index contributed by atoms with van der Waals surface area (Å²) in [6.07, 6.45) is 2.52. The Balaban J connectivity index is 2.09. The molecular weight excluding hydrogens is 314 g/mol. The summed E-state index contributed by atoms with van der Waals surface area (Å²) in [5.41, 5.74) is 2.48. The highest BCUT2D eigenvalue weighted by Gasteiger charge is 2.19. The Labute approximate surface area is 149 Å². The normalized spacial score (nSPS) is 11.2. The Kier molecular flexibility index (Phi) is 6.53. The zero-order chi connectivity index (χ0) is 18.3. The van der Waals surface area contributed by atoms with E-state index in [-0.39, 0.29) is 11.3 Å². The summed E-state index contributed by atoms with van der Waals surface area (Å²) in [6.45, 7) is 7.83. The molecule has 0 aliphatic heterocycles. The van der Waals surface area contributed by atoms with Crippen LogP contribution in [0, 0.1) is 0 Å². The number of nitrogens with one attached hydrogen (secondary N) is 2. The molecule has 0 spiro atoms. The number of amides is 1. The van der Waals surface area contributed by atoms with Crippen molar-refractivity contribution in [3.63, 3.8) is 0 Å². The fourth-order valence-corrected chi connectivity index (χ4v) is 2.54.